The number of esters is 1. The Balaban J connectivity index is 1.72. The Kier molecular flexibility index (Phi) is 4.26. The van der Waals surface area contributed by atoms with Gasteiger partial charge in [-0.2, -0.15) is 4.98 Å². The quantitative estimate of drug-likeness (QED) is 0.533. The van der Waals surface area contributed by atoms with Crippen molar-refractivity contribution in [2.75, 3.05) is 6.61 Å². The summed E-state index contributed by atoms with van der Waals surface area (Å²) in [5.41, 5.74) is 1.97. The lowest BCUT2D eigenvalue weighted by Gasteiger charge is -2.02. The van der Waals surface area contributed by atoms with Crippen molar-refractivity contribution < 1.29 is 14.3 Å². The van der Waals surface area contributed by atoms with Crippen LogP contribution in [0.3, 0.4) is 0 Å². The van der Waals surface area contributed by atoms with Crippen LogP contribution in [0.4, 0.5) is 0 Å². The molecule has 0 aliphatic rings. The first-order valence-electron chi connectivity index (χ1n) is 7.11. The molecule has 3 rings (SSSR count). The molecule has 0 bridgehead atoms. The second-order valence-electron chi connectivity index (χ2n) is 5.19. The van der Waals surface area contributed by atoms with E-state index in [-0.39, 0.29) is 11.6 Å². The molecule has 0 saturated heterocycles. The first kappa shape index (κ1) is 16.1. The molecule has 0 aliphatic heterocycles. The summed E-state index contributed by atoms with van der Waals surface area (Å²) in [5, 5.41) is 4.58. The molecule has 0 unspecified atom stereocenters. The van der Waals surface area contributed by atoms with Crippen molar-refractivity contribution in [2.24, 2.45) is 0 Å². The highest BCUT2D eigenvalue weighted by Crippen LogP contribution is 2.11. The molecule has 0 saturated carbocycles. The first-order chi connectivity index (χ1) is 11.4. The smallest absolute Gasteiger partial charge is 0.378 e. The molecule has 2 heterocycles. The van der Waals surface area contributed by atoms with E-state index in [0.717, 1.165) is 11.4 Å². The number of ketones is 1. The van der Waals surface area contributed by atoms with Gasteiger partial charge >= 0.3 is 5.97 Å². The van der Waals surface area contributed by atoms with Gasteiger partial charge in [0.15, 0.2) is 12.4 Å². The number of halogens is 1. The molecular weight excluding hydrogens is 332 g/mol. The van der Waals surface area contributed by atoms with Crippen molar-refractivity contribution in [3.05, 3.63) is 58.1 Å². The standard InChI is InChI=1S/C16H13ClN4O3/c1-9-7-10(2)21-16(18-9)19-14(20-21)15(23)24-8-13(22)11-3-5-12(17)6-4-11/h3-7H,8H2,1-2H3. The Morgan fingerprint density at radius 2 is 1.88 bits per heavy atom. The van der Waals surface area contributed by atoms with Crippen LogP contribution >= 0.6 is 11.6 Å². The third kappa shape index (κ3) is 3.26. The van der Waals surface area contributed by atoms with E-state index >= 15 is 0 Å². The highest BCUT2D eigenvalue weighted by atomic mass is 35.5. The molecule has 0 aliphatic carbocycles. The Morgan fingerprint density at radius 1 is 1.17 bits per heavy atom. The Morgan fingerprint density at radius 3 is 2.58 bits per heavy atom. The summed E-state index contributed by atoms with van der Waals surface area (Å²) in [4.78, 5) is 32.2. The van der Waals surface area contributed by atoms with E-state index in [1.807, 2.05) is 19.9 Å². The number of nitrogens with zero attached hydrogens (tertiary/aromatic N) is 4. The summed E-state index contributed by atoms with van der Waals surface area (Å²) in [7, 11) is 0. The van der Waals surface area contributed by atoms with E-state index in [2.05, 4.69) is 15.1 Å². The lowest BCUT2D eigenvalue weighted by molar-refractivity contribution is 0.0463. The maximum absolute atomic E-state index is 12.0. The lowest BCUT2D eigenvalue weighted by Crippen LogP contribution is -2.15. The fourth-order valence-electron chi connectivity index (χ4n) is 2.17. The summed E-state index contributed by atoms with van der Waals surface area (Å²) in [6.45, 7) is 3.25. The zero-order valence-electron chi connectivity index (χ0n) is 13.0. The predicted molar refractivity (Wildman–Crippen MR) is 86.3 cm³/mol. The van der Waals surface area contributed by atoms with Crippen LogP contribution < -0.4 is 0 Å². The molecule has 0 amide bonds. The van der Waals surface area contributed by atoms with Crippen molar-refractivity contribution >= 4 is 29.1 Å². The molecule has 0 atom stereocenters. The summed E-state index contributed by atoms with van der Waals surface area (Å²) >= 11 is 5.76. The van der Waals surface area contributed by atoms with E-state index in [0.29, 0.717) is 16.4 Å². The normalized spacial score (nSPS) is 10.8. The van der Waals surface area contributed by atoms with Crippen LogP contribution in [-0.2, 0) is 4.74 Å². The molecule has 0 spiro atoms. The second kappa shape index (κ2) is 6.37. The van der Waals surface area contributed by atoms with Crippen molar-refractivity contribution in [2.45, 2.75) is 13.8 Å². The average molecular weight is 345 g/mol. The number of Topliss-reactive ketones (excluding diaryl/α,β-unsaturated/α-hetero) is 1. The van der Waals surface area contributed by atoms with Gasteiger partial charge in [-0.25, -0.2) is 14.3 Å². The number of benzene rings is 1. The first-order valence-corrected chi connectivity index (χ1v) is 7.49. The van der Waals surface area contributed by atoms with Gasteiger partial charge in [0.2, 0.25) is 0 Å². The highest BCUT2D eigenvalue weighted by molar-refractivity contribution is 6.30. The summed E-state index contributed by atoms with van der Waals surface area (Å²) in [6, 6.07) is 8.14. The van der Waals surface area contributed by atoms with E-state index in [1.54, 1.807) is 24.3 Å². The molecule has 24 heavy (non-hydrogen) atoms. The fraction of sp³-hybridized carbons (Fsp3) is 0.188. The van der Waals surface area contributed by atoms with Crippen molar-refractivity contribution in [1.29, 1.82) is 0 Å². The number of rotatable bonds is 4. The van der Waals surface area contributed by atoms with E-state index in [4.69, 9.17) is 16.3 Å². The largest absolute Gasteiger partial charge is 0.451 e. The summed E-state index contributed by atoms with van der Waals surface area (Å²) in [6.07, 6.45) is 0. The van der Waals surface area contributed by atoms with Crippen molar-refractivity contribution in [1.82, 2.24) is 19.6 Å². The number of hydrogen-bond donors (Lipinski definition) is 0. The minimum absolute atomic E-state index is 0.139. The molecule has 7 nitrogen and oxygen atoms in total. The van der Waals surface area contributed by atoms with Gasteiger partial charge in [-0.3, -0.25) is 4.79 Å². The molecule has 2 aromatic heterocycles. The van der Waals surface area contributed by atoms with Gasteiger partial charge in [0.1, 0.15) is 0 Å². The van der Waals surface area contributed by atoms with Crippen LogP contribution in [0.1, 0.15) is 32.4 Å². The van der Waals surface area contributed by atoms with Crippen LogP contribution in [0.25, 0.3) is 5.78 Å². The Hall–Kier alpha value is -2.80. The molecular formula is C16H13ClN4O3. The SMILES string of the molecule is Cc1cc(C)n2nc(C(=O)OCC(=O)c3ccc(Cl)cc3)nc2n1. The Bertz CT molecular complexity index is 934. The zero-order valence-corrected chi connectivity index (χ0v) is 13.7. The zero-order chi connectivity index (χ0) is 17.3. The maximum Gasteiger partial charge on any atom is 0.378 e. The third-order valence-corrected chi connectivity index (χ3v) is 3.55. The number of ether oxygens (including phenoxy) is 1. The minimum Gasteiger partial charge on any atom is -0.451 e. The Labute approximate surface area is 142 Å². The highest BCUT2D eigenvalue weighted by Gasteiger charge is 2.18. The molecule has 0 radical (unpaired) electrons. The van der Waals surface area contributed by atoms with Gasteiger partial charge in [-0.15, -0.1) is 5.10 Å². The number of aryl methyl sites for hydroxylation is 2. The molecule has 1 aromatic carbocycles. The van der Waals surface area contributed by atoms with E-state index < -0.39 is 12.6 Å². The van der Waals surface area contributed by atoms with Crippen LogP contribution in [0.15, 0.2) is 30.3 Å². The number of fused-ring (bicyclic) bond motifs is 1. The lowest BCUT2D eigenvalue weighted by atomic mass is 10.1. The average Bonchev–Trinajstić information content (AvgIpc) is 2.97. The van der Waals surface area contributed by atoms with Crippen molar-refractivity contribution in [3.63, 3.8) is 0 Å². The van der Waals surface area contributed by atoms with Gasteiger partial charge in [0.05, 0.1) is 0 Å². The minimum atomic E-state index is -0.778. The van der Waals surface area contributed by atoms with Crippen LogP contribution in [0, 0.1) is 13.8 Å². The molecule has 3 aromatic rings. The van der Waals surface area contributed by atoms with Gasteiger partial charge in [-0.1, -0.05) is 11.6 Å². The maximum atomic E-state index is 12.0. The monoisotopic (exact) mass is 344 g/mol. The number of carbonyl (C=O) groups is 2. The van der Waals surface area contributed by atoms with Gasteiger partial charge < -0.3 is 4.74 Å². The number of hydrogen-bond acceptors (Lipinski definition) is 6. The second-order valence-corrected chi connectivity index (χ2v) is 5.63. The predicted octanol–water partition coefficient (Wildman–Crippen LogP) is 2.43. The van der Waals surface area contributed by atoms with E-state index in [9.17, 15) is 9.59 Å². The van der Waals surface area contributed by atoms with Crippen LogP contribution in [0.2, 0.25) is 5.02 Å². The van der Waals surface area contributed by atoms with Crippen LogP contribution in [-0.4, -0.2) is 37.9 Å². The summed E-state index contributed by atoms with van der Waals surface area (Å²) in [5.74, 6) is -0.947. The van der Waals surface area contributed by atoms with Gasteiger partial charge in [0, 0.05) is 22.0 Å². The number of aromatic nitrogens is 4. The summed E-state index contributed by atoms with van der Waals surface area (Å²) < 4.78 is 6.44. The van der Waals surface area contributed by atoms with E-state index in [1.165, 1.54) is 4.52 Å². The fourth-order valence-corrected chi connectivity index (χ4v) is 2.29. The molecule has 0 fully saturated rings. The van der Waals surface area contributed by atoms with Gasteiger partial charge in [0.25, 0.3) is 11.6 Å². The number of carbonyl (C=O) groups excluding carboxylic acids is 2. The van der Waals surface area contributed by atoms with Gasteiger partial charge in [-0.05, 0) is 44.2 Å². The van der Waals surface area contributed by atoms with Crippen molar-refractivity contribution in [3.8, 4) is 0 Å². The topological polar surface area (TPSA) is 86.5 Å². The molecule has 8 heteroatoms. The third-order valence-electron chi connectivity index (χ3n) is 3.30. The molecule has 122 valence electrons. The van der Waals surface area contributed by atoms with Crippen LogP contribution in [0.5, 0.6) is 0 Å². The molecule has 0 N–H and O–H groups in total.